The van der Waals surface area contributed by atoms with E-state index in [0.29, 0.717) is 23.4 Å². The van der Waals surface area contributed by atoms with Crippen molar-refractivity contribution in [2.75, 3.05) is 18.0 Å². The zero-order valence-electron chi connectivity index (χ0n) is 11.3. The Hall–Kier alpha value is -2.02. The molecule has 20 heavy (non-hydrogen) atoms. The summed E-state index contributed by atoms with van der Waals surface area (Å²) >= 11 is 0. The smallest absolute Gasteiger partial charge is 0.245 e. The first-order valence-corrected chi connectivity index (χ1v) is 6.68. The molecule has 106 valence electrons. The van der Waals surface area contributed by atoms with Gasteiger partial charge in [-0.1, -0.05) is 6.92 Å². The highest BCUT2D eigenvalue weighted by atomic mass is 19.1. The first-order valence-electron chi connectivity index (χ1n) is 6.68. The molecule has 1 saturated heterocycles. The van der Waals surface area contributed by atoms with Crippen LogP contribution in [0, 0.1) is 11.7 Å². The number of hydrogen-bond acceptors (Lipinski definition) is 5. The van der Waals surface area contributed by atoms with Gasteiger partial charge in [-0.3, -0.25) is 5.10 Å². The fraction of sp³-hybridized carbons (Fsp3) is 0.462. The monoisotopic (exact) mass is 276 g/mol. The van der Waals surface area contributed by atoms with Crippen molar-refractivity contribution < 1.29 is 4.39 Å². The van der Waals surface area contributed by atoms with Crippen LogP contribution in [0.2, 0.25) is 0 Å². The Morgan fingerprint density at radius 1 is 1.45 bits per heavy atom. The Morgan fingerprint density at radius 3 is 3.00 bits per heavy atom. The normalized spacial score (nSPS) is 23.1. The zero-order chi connectivity index (χ0) is 14.1. The first kappa shape index (κ1) is 13.0. The summed E-state index contributed by atoms with van der Waals surface area (Å²) < 4.78 is 12.8. The van der Waals surface area contributed by atoms with Crippen molar-refractivity contribution in [3.05, 3.63) is 24.1 Å². The summed E-state index contributed by atoms with van der Waals surface area (Å²) in [7, 11) is 0. The Bertz CT molecular complexity index is 581. The standard InChI is InChI=1S/C13H17FN6/c1-8-4-5-20(7-10(8)15)13-17-12(18-19-13)11-3-2-9(14)6-16-11/h2-3,6,8,10H,4-5,7,15H2,1H3,(H,17,18,19). The molecule has 2 aromatic rings. The number of halogens is 1. The Kier molecular flexibility index (Phi) is 3.35. The number of nitrogens with one attached hydrogen (secondary N) is 1. The lowest BCUT2D eigenvalue weighted by Gasteiger charge is -2.34. The average Bonchev–Trinajstić information content (AvgIpc) is 2.92. The molecule has 1 aliphatic rings. The van der Waals surface area contributed by atoms with Crippen LogP contribution in [0.4, 0.5) is 10.3 Å². The van der Waals surface area contributed by atoms with E-state index in [1.165, 1.54) is 6.07 Å². The van der Waals surface area contributed by atoms with Gasteiger partial charge in [0.1, 0.15) is 11.5 Å². The van der Waals surface area contributed by atoms with Crippen molar-refractivity contribution >= 4 is 5.95 Å². The number of aromatic amines is 1. The Morgan fingerprint density at radius 2 is 2.30 bits per heavy atom. The second-order valence-electron chi connectivity index (χ2n) is 5.22. The summed E-state index contributed by atoms with van der Waals surface area (Å²) in [4.78, 5) is 10.5. The molecule has 0 spiro atoms. The molecule has 0 aliphatic carbocycles. The summed E-state index contributed by atoms with van der Waals surface area (Å²) in [6.45, 7) is 3.80. The molecule has 0 amide bonds. The molecule has 7 heteroatoms. The van der Waals surface area contributed by atoms with E-state index in [1.807, 2.05) is 0 Å². The van der Waals surface area contributed by atoms with Crippen LogP contribution in [-0.2, 0) is 0 Å². The van der Waals surface area contributed by atoms with Crippen LogP contribution in [-0.4, -0.2) is 39.3 Å². The van der Waals surface area contributed by atoms with E-state index in [4.69, 9.17) is 5.73 Å². The number of pyridine rings is 1. The van der Waals surface area contributed by atoms with Gasteiger partial charge in [-0.05, 0) is 24.5 Å². The summed E-state index contributed by atoms with van der Waals surface area (Å²) in [5, 5.41) is 7.03. The van der Waals surface area contributed by atoms with E-state index < -0.39 is 0 Å². The number of nitrogens with two attached hydrogens (primary N) is 1. The molecule has 0 radical (unpaired) electrons. The predicted octanol–water partition coefficient (Wildman–Crippen LogP) is 1.18. The van der Waals surface area contributed by atoms with Gasteiger partial charge in [0, 0.05) is 19.1 Å². The van der Waals surface area contributed by atoms with Gasteiger partial charge in [0.2, 0.25) is 5.95 Å². The zero-order valence-corrected chi connectivity index (χ0v) is 11.3. The minimum Gasteiger partial charge on any atom is -0.338 e. The summed E-state index contributed by atoms with van der Waals surface area (Å²) in [6.07, 6.45) is 2.19. The lowest BCUT2D eigenvalue weighted by Crippen LogP contribution is -2.48. The average molecular weight is 276 g/mol. The number of aromatic nitrogens is 4. The molecule has 1 aliphatic heterocycles. The van der Waals surface area contributed by atoms with E-state index in [1.54, 1.807) is 6.07 Å². The van der Waals surface area contributed by atoms with Gasteiger partial charge in [0.25, 0.3) is 0 Å². The highest BCUT2D eigenvalue weighted by Crippen LogP contribution is 2.21. The summed E-state index contributed by atoms with van der Waals surface area (Å²) in [5.74, 6) is 1.30. The van der Waals surface area contributed by atoms with Crippen LogP contribution >= 0.6 is 0 Å². The van der Waals surface area contributed by atoms with Crippen molar-refractivity contribution in [1.29, 1.82) is 0 Å². The van der Waals surface area contributed by atoms with Crippen molar-refractivity contribution in [2.24, 2.45) is 11.7 Å². The van der Waals surface area contributed by atoms with Gasteiger partial charge in [0.05, 0.1) is 6.20 Å². The number of hydrogen-bond donors (Lipinski definition) is 2. The topological polar surface area (TPSA) is 83.7 Å². The SMILES string of the molecule is CC1CCN(c2n[nH]c(-c3ccc(F)cn3)n2)CC1N. The van der Waals surface area contributed by atoms with Crippen molar-refractivity contribution in [3.63, 3.8) is 0 Å². The van der Waals surface area contributed by atoms with Gasteiger partial charge < -0.3 is 10.6 Å². The minimum atomic E-state index is -0.371. The highest BCUT2D eigenvalue weighted by Gasteiger charge is 2.25. The largest absolute Gasteiger partial charge is 0.338 e. The van der Waals surface area contributed by atoms with Crippen LogP contribution in [0.25, 0.3) is 11.5 Å². The maximum Gasteiger partial charge on any atom is 0.245 e. The minimum absolute atomic E-state index is 0.134. The number of rotatable bonds is 2. The third kappa shape index (κ3) is 2.49. The Labute approximate surface area is 116 Å². The van der Waals surface area contributed by atoms with E-state index in [0.717, 1.165) is 25.7 Å². The van der Waals surface area contributed by atoms with Crippen molar-refractivity contribution in [3.8, 4) is 11.5 Å². The van der Waals surface area contributed by atoms with Gasteiger partial charge in [-0.25, -0.2) is 9.37 Å². The molecule has 2 unspecified atom stereocenters. The third-order valence-electron chi connectivity index (χ3n) is 3.74. The molecular weight excluding hydrogens is 259 g/mol. The maximum absolute atomic E-state index is 12.8. The van der Waals surface area contributed by atoms with E-state index in [2.05, 4.69) is 32.0 Å². The van der Waals surface area contributed by atoms with Crippen molar-refractivity contribution in [1.82, 2.24) is 20.2 Å². The molecule has 1 fully saturated rings. The Balaban J connectivity index is 1.78. The summed E-state index contributed by atoms with van der Waals surface area (Å²) in [6, 6.07) is 3.06. The van der Waals surface area contributed by atoms with E-state index in [-0.39, 0.29) is 11.9 Å². The fourth-order valence-corrected chi connectivity index (χ4v) is 2.31. The number of anilines is 1. The molecule has 3 N–H and O–H groups in total. The number of piperidine rings is 1. The molecule has 3 heterocycles. The third-order valence-corrected chi connectivity index (χ3v) is 3.74. The molecule has 0 saturated carbocycles. The molecule has 2 atom stereocenters. The van der Waals surface area contributed by atoms with Crippen LogP contribution in [0.1, 0.15) is 13.3 Å². The lowest BCUT2D eigenvalue weighted by atomic mass is 9.95. The molecular formula is C13H17FN6. The van der Waals surface area contributed by atoms with Crippen LogP contribution in [0.5, 0.6) is 0 Å². The van der Waals surface area contributed by atoms with Gasteiger partial charge in [-0.2, -0.15) is 4.98 Å². The second-order valence-corrected chi connectivity index (χ2v) is 5.22. The second kappa shape index (κ2) is 5.16. The highest BCUT2D eigenvalue weighted by molar-refractivity contribution is 5.50. The van der Waals surface area contributed by atoms with Crippen LogP contribution < -0.4 is 10.6 Å². The molecule has 6 nitrogen and oxygen atoms in total. The number of H-pyrrole nitrogens is 1. The molecule has 0 bridgehead atoms. The lowest BCUT2D eigenvalue weighted by molar-refractivity contribution is 0.376. The van der Waals surface area contributed by atoms with Gasteiger partial charge in [0.15, 0.2) is 5.82 Å². The first-order chi connectivity index (χ1) is 9.63. The molecule has 3 rings (SSSR count). The number of nitrogens with zero attached hydrogens (tertiary/aromatic N) is 4. The van der Waals surface area contributed by atoms with E-state index >= 15 is 0 Å². The van der Waals surface area contributed by atoms with Crippen LogP contribution in [0.15, 0.2) is 18.3 Å². The van der Waals surface area contributed by atoms with E-state index in [9.17, 15) is 4.39 Å². The maximum atomic E-state index is 12.8. The quantitative estimate of drug-likeness (QED) is 0.860. The summed E-state index contributed by atoms with van der Waals surface area (Å²) in [5.41, 5.74) is 6.65. The van der Waals surface area contributed by atoms with Gasteiger partial charge >= 0.3 is 0 Å². The van der Waals surface area contributed by atoms with Crippen molar-refractivity contribution in [2.45, 2.75) is 19.4 Å². The molecule has 0 aromatic carbocycles. The fourth-order valence-electron chi connectivity index (χ4n) is 2.31. The van der Waals surface area contributed by atoms with Gasteiger partial charge in [-0.15, -0.1) is 5.10 Å². The van der Waals surface area contributed by atoms with Crippen LogP contribution in [0.3, 0.4) is 0 Å². The predicted molar refractivity (Wildman–Crippen MR) is 73.5 cm³/mol. The molecule has 2 aromatic heterocycles.